The minimum atomic E-state index is -0.956. The fourth-order valence-electron chi connectivity index (χ4n) is 3.92. The van der Waals surface area contributed by atoms with Crippen LogP contribution in [-0.2, 0) is 16.1 Å². The van der Waals surface area contributed by atoms with Crippen LogP contribution in [0.15, 0.2) is 73.1 Å². The van der Waals surface area contributed by atoms with Gasteiger partial charge in [-0.15, -0.1) is 0 Å². The number of fused-ring (bicyclic) bond motifs is 1. The molecule has 0 saturated heterocycles. The summed E-state index contributed by atoms with van der Waals surface area (Å²) in [7, 11) is 1.61. The zero-order valence-electron chi connectivity index (χ0n) is 19.0. The number of ether oxygens (including phenoxy) is 3. The first-order valence-electron chi connectivity index (χ1n) is 10.8. The van der Waals surface area contributed by atoms with Crippen LogP contribution in [0.5, 0.6) is 11.5 Å². The lowest BCUT2D eigenvalue weighted by Gasteiger charge is -2.17. The maximum Gasteiger partial charge on any atom is 0.210 e. The molecule has 0 aliphatic carbocycles. The maximum atomic E-state index is 13.4. The Hall–Kier alpha value is -4.13. The second-order valence-electron chi connectivity index (χ2n) is 8.53. The summed E-state index contributed by atoms with van der Waals surface area (Å²) in [6.45, 7) is 3.77. The first kappa shape index (κ1) is 21.7. The molecule has 7 heteroatoms. The standard InChI is InChI=1S/C27H23FN2O4/c1-27(2)26(31)24(25(34-27)18-6-8-21(32-3)9-7-18)17-4-10-22(11-5-17)33-16-20-15-30-13-12-19(28)14-23(30)29-20/h4-15H,16H2,1-3H3. The molecule has 0 fully saturated rings. The highest BCUT2D eigenvalue weighted by Gasteiger charge is 2.42. The summed E-state index contributed by atoms with van der Waals surface area (Å²) in [5.41, 5.74) is 2.33. The molecule has 172 valence electrons. The molecule has 0 amide bonds. The first-order chi connectivity index (χ1) is 16.3. The molecule has 0 bridgehead atoms. The fourth-order valence-corrected chi connectivity index (χ4v) is 3.92. The van der Waals surface area contributed by atoms with Crippen LogP contribution in [0.25, 0.3) is 17.0 Å². The predicted octanol–water partition coefficient (Wildman–Crippen LogP) is 5.31. The van der Waals surface area contributed by atoms with Crippen LogP contribution < -0.4 is 9.47 Å². The van der Waals surface area contributed by atoms with Gasteiger partial charge in [-0.25, -0.2) is 9.37 Å². The van der Waals surface area contributed by atoms with Crippen molar-refractivity contribution in [1.29, 1.82) is 0 Å². The van der Waals surface area contributed by atoms with E-state index in [4.69, 9.17) is 14.2 Å². The minimum Gasteiger partial charge on any atom is -0.497 e. The average Bonchev–Trinajstić information content (AvgIpc) is 3.35. The molecule has 2 aromatic heterocycles. The van der Waals surface area contributed by atoms with Crippen LogP contribution in [-0.4, -0.2) is 27.9 Å². The number of carbonyl (C=O) groups is 1. The molecule has 0 saturated carbocycles. The van der Waals surface area contributed by atoms with Gasteiger partial charge in [-0.1, -0.05) is 12.1 Å². The third kappa shape index (κ3) is 4.01. The van der Waals surface area contributed by atoms with Crippen molar-refractivity contribution >= 4 is 22.8 Å². The quantitative estimate of drug-likeness (QED) is 0.392. The maximum absolute atomic E-state index is 13.4. The van der Waals surface area contributed by atoms with E-state index in [9.17, 15) is 9.18 Å². The number of pyridine rings is 1. The topological polar surface area (TPSA) is 62.1 Å². The Morgan fingerprint density at radius 2 is 1.68 bits per heavy atom. The van der Waals surface area contributed by atoms with E-state index < -0.39 is 5.60 Å². The summed E-state index contributed by atoms with van der Waals surface area (Å²) in [4.78, 5) is 17.5. The average molecular weight is 458 g/mol. The van der Waals surface area contributed by atoms with E-state index in [0.717, 1.165) is 16.9 Å². The van der Waals surface area contributed by atoms with Crippen LogP contribution in [0, 0.1) is 5.82 Å². The number of benzene rings is 2. The minimum absolute atomic E-state index is 0.0797. The molecule has 0 spiro atoms. The van der Waals surface area contributed by atoms with Gasteiger partial charge in [0.15, 0.2) is 5.60 Å². The van der Waals surface area contributed by atoms with Gasteiger partial charge in [0.2, 0.25) is 5.78 Å². The van der Waals surface area contributed by atoms with Gasteiger partial charge in [-0.2, -0.15) is 0 Å². The van der Waals surface area contributed by atoms with E-state index in [2.05, 4.69) is 4.98 Å². The van der Waals surface area contributed by atoms with E-state index in [1.807, 2.05) is 48.5 Å². The number of imidazole rings is 1. The summed E-state index contributed by atoms with van der Waals surface area (Å²) in [5.74, 6) is 1.49. The molecule has 34 heavy (non-hydrogen) atoms. The number of aromatic nitrogens is 2. The number of ketones is 1. The van der Waals surface area contributed by atoms with E-state index in [0.29, 0.717) is 28.4 Å². The Morgan fingerprint density at radius 3 is 2.38 bits per heavy atom. The molecule has 1 aliphatic heterocycles. The number of halogens is 1. The Kier molecular flexibility index (Phi) is 5.32. The Balaban J connectivity index is 1.39. The molecule has 1 aliphatic rings. The highest BCUT2D eigenvalue weighted by Crippen LogP contribution is 2.41. The monoisotopic (exact) mass is 458 g/mol. The Morgan fingerprint density at radius 1 is 1.00 bits per heavy atom. The van der Waals surface area contributed by atoms with Gasteiger partial charge in [0.1, 0.15) is 35.3 Å². The molecule has 3 heterocycles. The van der Waals surface area contributed by atoms with Crippen LogP contribution in [0.4, 0.5) is 4.39 Å². The summed E-state index contributed by atoms with van der Waals surface area (Å²) in [5, 5.41) is 0. The molecular weight excluding hydrogens is 435 g/mol. The van der Waals surface area contributed by atoms with Gasteiger partial charge in [0.05, 0.1) is 18.4 Å². The van der Waals surface area contributed by atoms with Crippen molar-refractivity contribution in [2.45, 2.75) is 26.1 Å². The Bertz CT molecular complexity index is 1400. The fraction of sp³-hybridized carbons (Fsp3) is 0.185. The van der Waals surface area contributed by atoms with Crippen molar-refractivity contribution in [1.82, 2.24) is 9.38 Å². The van der Waals surface area contributed by atoms with E-state index >= 15 is 0 Å². The number of rotatable bonds is 6. The molecule has 0 N–H and O–H groups in total. The van der Waals surface area contributed by atoms with Gasteiger partial charge in [-0.05, 0) is 61.9 Å². The second kappa shape index (κ2) is 8.33. The molecule has 0 radical (unpaired) electrons. The summed E-state index contributed by atoms with van der Waals surface area (Å²) in [6, 6.07) is 17.5. The van der Waals surface area contributed by atoms with Crippen molar-refractivity contribution in [2.24, 2.45) is 0 Å². The van der Waals surface area contributed by atoms with Crippen molar-refractivity contribution in [3.63, 3.8) is 0 Å². The molecule has 2 aromatic carbocycles. The van der Waals surface area contributed by atoms with Crippen molar-refractivity contribution in [3.05, 3.63) is 95.7 Å². The Labute approximate surface area is 196 Å². The summed E-state index contributed by atoms with van der Waals surface area (Å²) in [6.07, 6.45) is 3.41. The van der Waals surface area contributed by atoms with E-state index in [1.54, 1.807) is 37.8 Å². The van der Waals surface area contributed by atoms with Gasteiger partial charge >= 0.3 is 0 Å². The molecule has 0 atom stereocenters. The number of methoxy groups -OCH3 is 1. The van der Waals surface area contributed by atoms with Crippen LogP contribution in [0.3, 0.4) is 0 Å². The lowest BCUT2D eigenvalue weighted by atomic mass is 9.92. The lowest BCUT2D eigenvalue weighted by molar-refractivity contribution is -0.125. The third-order valence-corrected chi connectivity index (χ3v) is 5.71. The van der Waals surface area contributed by atoms with Gasteiger partial charge < -0.3 is 18.6 Å². The van der Waals surface area contributed by atoms with Crippen molar-refractivity contribution in [2.75, 3.05) is 7.11 Å². The van der Waals surface area contributed by atoms with E-state index in [1.165, 1.54) is 12.1 Å². The normalized spacial score (nSPS) is 15.0. The molecule has 0 unspecified atom stereocenters. The summed E-state index contributed by atoms with van der Waals surface area (Å²) < 4.78 is 32.3. The van der Waals surface area contributed by atoms with Gasteiger partial charge in [0.25, 0.3) is 0 Å². The highest BCUT2D eigenvalue weighted by molar-refractivity contribution is 6.32. The highest BCUT2D eigenvalue weighted by atomic mass is 19.1. The number of Topliss-reactive ketones (excluding diaryl/α,β-unsaturated/α-hetero) is 1. The SMILES string of the molecule is COc1ccc(C2=C(c3ccc(OCc4cn5ccc(F)cc5n4)cc3)C(=O)C(C)(C)O2)cc1. The van der Waals surface area contributed by atoms with E-state index in [-0.39, 0.29) is 18.2 Å². The van der Waals surface area contributed by atoms with Crippen molar-refractivity contribution in [3.8, 4) is 11.5 Å². The first-order valence-corrected chi connectivity index (χ1v) is 10.8. The number of hydrogen-bond acceptors (Lipinski definition) is 5. The zero-order chi connectivity index (χ0) is 23.9. The summed E-state index contributed by atoms with van der Waals surface area (Å²) >= 11 is 0. The predicted molar refractivity (Wildman–Crippen MR) is 126 cm³/mol. The molecule has 5 rings (SSSR count). The molecule has 6 nitrogen and oxygen atoms in total. The van der Waals surface area contributed by atoms with Gasteiger partial charge in [-0.3, -0.25) is 4.79 Å². The van der Waals surface area contributed by atoms with Gasteiger partial charge in [0, 0.05) is 24.0 Å². The van der Waals surface area contributed by atoms with Crippen LogP contribution >= 0.6 is 0 Å². The number of nitrogens with zero attached hydrogens (tertiary/aromatic N) is 2. The molecular formula is C27H23FN2O4. The second-order valence-corrected chi connectivity index (χ2v) is 8.53. The largest absolute Gasteiger partial charge is 0.497 e. The molecule has 4 aromatic rings. The lowest BCUT2D eigenvalue weighted by Crippen LogP contribution is -2.29. The number of carbonyl (C=O) groups excluding carboxylic acids is 1. The van der Waals surface area contributed by atoms with Crippen molar-refractivity contribution < 1.29 is 23.4 Å². The van der Waals surface area contributed by atoms with Crippen LogP contribution in [0.1, 0.15) is 30.7 Å². The van der Waals surface area contributed by atoms with Crippen LogP contribution in [0.2, 0.25) is 0 Å². The zero-order valence-corrected chi connectivity index (χ0v) is 19.0. The number of hydrogen-bond donors (Lipinski definition) is 0. The smallest absolute Gasteiger partial charge is 0.210 e. The third-order valence-electron chi connectivity index (χ3n) is 5.71.